The van der Waals surface area contributed by atoms with Crippen molar-refractivity contribution in [3.63, 3.8) is 0 Å². The molecule has 0 amide bonds. The molecular formula is C13H16N2O2. The van der Waals surface area contributed by atoms with Gasteiger partial charge in [-0.05, 0) is 37.6 Å². The zero-order chi connectivity index (χ0) is 12.8. The van der Waals surface area contributed by atoms with Gasteiger partial charge in [-0.3, -0.25) is 4.79 Å². The fourth-order valence-corrected chi connectivity index (χ4v) is 1.67. The van der Waals surface area contributed by atoms with E-state index < -0.39 is 0 Å². The first-order chi connectivity index (χ1) is 8.12. The minimum atomic E-state index is -0.268. The lowest BCUT2D eigenvalue weighted by Gasteiger charge is -2.23. The summed E-state index contributed by atoms with van der Waals surface area (Å²) in [4.78, 5) is 13.2. The number of nitrogens with zero attached hydrogens (tertiary/aromatic N) is 2. The number of esters is 1. The van der Waals surface area contributed by atoms with Crippen LogP contribution in [0.4, 0.5) is 5.69 Å². The summed E-state index contributed by atoms with van der Waals surface area (Å²) in [6.45, 7) is 4.83. The van der Waals surface area contributed by atoms with Crippen molar-refractivity contribution < 1.29 is 9.53 Å². The third-order valence-electron chi connectivity index (χ3n) is 2.60. The topological polar surface area (TPSA) is 53.3 Å². The molecule has 0 saturated carbocycles. The highest BCUT2D eigenvalue weighted by atomic mass is 16.5. The van der Waals surface area contributed by atoms with Crippen molar-refractivity contribution in [1.29, 1.82) is 5.26 Å². The van der Waals surface area contributed by atoms with E-state index in [-0.39, 0.29) is 12.5 Å². The van der Waals surface area contributed by atoms with Crippen molar-refractivity contribution in [3.8, 4) is 6.07 Å². The Labute approximate surface area is 101 Å². The Bertz CT molecular complexity index is 449. The molecule has 0 atom stereocenters. The number of anilines is 1. The molecule has 4 nitrogen and oxygen atoms in total. The maximum atomic E-state index is 11.3. The first-order valence-corrected chi connectivity index (χ1v) is 5.44. The number of nitriles is 1. The Morgan fingerprint density at radius 1 is 1.53 bits per heavy atom. The summed E-state index contributed by atoms with van der Waals surface area (Å²) in [5.74, 6) is -0.268. The van der Waals surface area contributed by atoms with Gasteiger partial charge >= 0.3 is 5.97 Å². The van der Waals surface area contributed by atoms with E-state index >= 15 is 0 Å². The molecule has 4 heteroatoms. The number of hydrogen-bond acceptors (Lipinski definition) is 4. The lowest BCUT2D eigenvalue weighted by Crippen LogP contribution is -2.30. The predicted octanol–water partition coefficient (Wildman–Crippen LogP) is 1.87. The van der Waals surface area contributed by atoms with Gasteiger partial charge in [-0.15, -0.1) is 0 Å². The van der Waals surface area contributed by atoms with Gasteiger partial charge in [-0.1, -0.05) is 0 Å². The molecule has 0 aliphatic carbocycles. The number of carbonyl (C=O) groups excluding carboxylic acids is 1. The summed E-state index contributed by atoms with van der Waals surface area (Å²) >= 11 is 0. The van der Waals surface area contributed by atoms with Crippen molar-refractivity contribution in [2.24, 2.45) is 0 Å². The van der Waals surface area contributed by atoms with Crippen LogP contribution in [0, 0.1) is 18.3 Å². The Morgan fingerprint density at radius 2 is 2.24 bits per heavy atom. The summed E-state index contributed by atoms with van der Waals surface area (Å²) in [6.07, 6.45) is 0. The lowest BCUT2D eigenvalue weighted by atomic mass is 10.1. The molecule has 90 valence electrons. The van der Waals surface area contributed by atoms with Crippen LogP contribution in [-0.2, 0) is 9.53 Å². The van der Waals surface area contributed by atoms with Crippen LogP contribution in [0.25, 0.3) is 0 Å². The van der Waals surface area contributed by atoms with Crippen LogP contribution in [-0.4, -0.2) is 26.2 Å². The summed E-state index contributed by atoms with van der Waals surface area (Å²) in [5, 5.41) is 8.79. The fourth-order valence-electron chi connectivity index (χ4n) is 1.67. The normalized spacial score (nSPS) is 9.53. The van der Waals surface area contributed by atoms with Crippen molar-refractivity contribution in [2.45, 2.75) is 13.8 Å². The van der Waals surface area contributed by atoms with Crippen molar-refractivity contribution in [2.75, 3.05) is 25.1 Å². The molecule has 1 aromatic carbocycles. The number of carbonyl (C=O) groups is 1. The number of aryl methyl sites for hydroxylation is 1. The summed E-state index contributed by atoms with van der Waals surface area (Å²) in [5.41, 5.74) is 2.56. The standard InChI is InChI=1S/C13H16N2O2/c1-4-15(9-13(16)17-3)12-6-5-11(8-14)7-10(12)2/h5-7H,4,9H2,1-3H3. The van der Waals surface area contributed by atoms with Gasteiger partial charge in [0, 0.05) is 12.2 Å². The molecular weight excluding hydrogens is 216 g/mol. The fraction of sp³-hybridized carbons (Fsp3) is 0.385. The number of likely N-dealkylation sites (N-methyl/N-ethyl adjacent to an activating group) is 1. The molecule has 1 rings (SSSR count). The molecule has 17 heavy (non-hydrogen) atoms. The van der Waals surface area contributed by atoms with Gasteiger partial charge in [0.15, 0.2) is 0 Å². The summed E-state index contributed by atoms with van der Waals surface area (Å²) in [6, 6.07) is 7.52. The maximum Gasteiger partial charge on any atom is 0.325 e. The van der Waals surface area contributed by atoms with Gasteiger partial charge in [-0.25, -0.2) is 0 Å². The quantitative estimate of drug-likeness (QED) is 0.744. The van der Waals surface area contributed by atoms with Gasteiger partial charge in [0.2, 0.25) is 0 Å². The van der Waals surface area contributed by atoms with Crippen molar-refractivity contribution in [3.05, 3.63) is 29.3 Å². The van der Waals surface area contributed by atoms with E-state index in [4.69, 9.17) is 5.26 Å². The van der Waals surface area contributed by atoms with Crippen molar-refractivity contribution in [1.82, 2.24) is 0 Å². The van der Waals surface area contributed by atoms with Gasteiger partial charge < -0.3 is 9.64 Å². The van der Waals surface area contributed by atoms with Gasteiger partial charge in [-0.2, -0.15) is 5.26 Å². The molecule has 0 aliphatic rings. The van der Waals surface area contributed by atoms with Gasteiger partial charge in [0.1, 0.15) is 6.54 Å². The average molecular weight is 232 g/mol. The SMILES string of the molecule is CCN(CC(=O)OC)c1ccc(C#N)cc1C. The summed E-state index contributed by atoms with van der Waals surface area (Å²) < 4.78 is 4.66. The Kier molecular flexibility index (Phi) is 4.53. The Balaban J connectivity index is 2.97. The van der Waals surface area contributed by atoms with E-state index in [0.29, 0.717) is 12.1 Å². The second-order valence-corrected chi connectivity index (χ2v) is 3.70. The van der Waals surface area contributed by atoms with Crippen LogP contribution in [0.2, 0.25) is 0 Å². The van der Waals surface area contributed by atoms with Crippen LogP contribution in [0.15, 0.2) is 18.2 Å². The predicted molar refractivity (Wildman–Crippen MR) is 65.8 cm³/mol. The molecule has 0 bridgehead atoms. The van der Waals surface area contributed by atoms with Crippen LogP contribution in [0.1, 0.15) is 18.1 Å². The highest BCUT2D eigenvalue weighted by Crippen LogP contribution is 2.20. The number of hydrogen-bond donors (Lipinski definition) is 0. The first kappa shape index (κ1) is 13.0. The molecule has 0 aliphatic heterocycles. The van der Waals surface area contributed by atoms with Crippen LogP contribution < -0.4 is 4.90 Å². The van der Waals surface area contributed by atoms with Crippen LogP contribution in [0.5, 0.6) is 0 Å². The van der Waals surface area contributed by atoms with E-state index in [0.717, 1.165) is 11.3 Å². The number of methoxy groups -OCH3 is 1. The molecule has 0 heterocycles. The zero-order valence-corrected chi connectivity index (χ0v) is 10.4. The highest BCUT2D eigenvalue weighted by Gasteiger charge is 2.12. The highest BCUT2D eigenvalue weighted by molar-refractivity contribution is 5.76. The molecule has 0 saturated heterocycles. The Morgan fingerprint density at radius 3 is 2.71 bits per heavy atom. The molecule has 1 aromatic rings. The first-order valence-electron chi connectivity index (χ1n) is 5.44. The number of ether oxygens (including phenoxy) is 1. The zero-order valence-electron chi connectivity index (χ0n) is 10.4. The molecule has 0 unspecified atom stereocenters. The van der Waals surface area contributed by atoms with Gasteiger partial charge in [0.25, 0.3) is 0 Å². The second-order valence-electron chi connectivity index (χ2n) is 3.70. The third-order valence-corrected chi connectivity index (χ3v) is 2.60. The molecule has 0 fully saturated rings. The van der Waals surface area contributed by atoms with E-state index in [1.807, 2.05) is 30.9 Å². The number of rotatable bonds is 4. The minimum absolute atomic E-state index is 0.222. The van der Waals surface area contributed by atoms with Crippen molar-refractivity contribution >= 4 is 11.7 Å². The average Bonchev–Trinajstić information content (AvgIpc) is 2.35. The monoisotopic (exact) mass is 232 g/mol. The minimum Gasteiger partial charge on any atom is -0.468 e. The Hall–Kier alpha value is -2.02. The van der Waals surface area contributed by atoms with Gasteiger partial charge in [0.05, 0.1) is 18.7 Å². The molecule has 0 N–H and O–H groups in total. The van der Waals surface area contributed by atoms with E-state index in [1.165, 1.54) is 7.11 Å². The molecule has 0 spiro atoms. The lowest BCUT2D eigenvalue weighted by molar-refractivity contribution is -0.138. The second kappa shape index (κ2) is 5.90. The molecule has 0 radical (unpaired) electrons. The maximum absolute atomic E-state index is 11.3. The smallest absolute Gasteiger partial charge is 0.325 e. The van der Waals surface area contributed by atoms with E-state index in [9.17, 15) is 4.79 Å². The van der Waals surface area contributed by atoms with Crippen LogP contribution >= 0.6 is 0 Å². The van der Waals surface area contributed by atoms with E-state index in [2.05, 4.69) is 10.8 Å². The number of benzene rings is 1. The third kappa shape index (κ3) is 3.22. The largest absolute Gasteiger partial charge is 0.468 e. The van der Waals surface area contributed by atoms with E-state index in [1.54, 1.807) is 6.07 Å². The molecule has 0 aromatic heterocycles. The van der Waals surface area contributed by atoms with Crippen LogP contribution in [0.3, 0.4) is 0 Å². The summed E-state index contributed by atoms with van der Waals surface area (Å²) in [7, 11) is 1.38.